The molecule has 0 aliphatic carbocycles. The van der Waals surface area contributed by atoms with Crippen LogP contribution in [0.25, 0.3) is 0 Å². The van der Waals surface area contributed by atoms with Crippen LogP contribution in [0.1, 0.15) is 15.9 Å². The Labute approximate surface area is 124 Å². The van der Waals surface area contributed by atoms with E-state index in [9.17, 15) is 9.18 Å². The van der Waals surface area contributed by atoms with Gasteiger partial charge in [0.25, 0.3) is 5.91 Å². The van der Waals surface area contributed by atoms with Gasteiger partial charge in [0.05, 0.1) is 5.69 Å². The highest BCUT2D eigenvalue weighted by Gasteiger charge is 2.14. The molecule has 0 saturated heterocycles. The Hall–Kier alpha value is -1.88. The molecular formula is C15H12BrFN2O. The molecule has 2 N–H and O–H groups in total. The van der Waals surface area contributed by atoms with E-state index in [1.54, 1.807) is 18.2 Å². The molecule has 0 bridgehead atoms. The van der Waals surface area contributed by atoms with E-state index < -0.39 is 5.82 Å². The number of hydrogen-bond acceptors (Lipinski definition) is 2. The van der Waals surface area contributed by atoms with Crippen LogP contribution in [0.4, 0.5) is 15.8 Å². The lowest BCUT2D eigenvalue weighted by Gasteiger charge is -2.08. The molecule has 1 heterocycles. The Morgan fingerprint density at radius 1 is 1.25 bits per heavy atom. The molecule has 1 amide bonds. The van der Waals surface area contributed by atoms with Crippen molar-refractivity contribution >= 4 is 33.2 Å². The van der Waals surface area contributed by atoms with Crippen LogP contribution in [0.5, 0.6) is 0 Å². The molecular weight excluding hydrogens is 323 g/mol. The molecule has 0 radical (unpaired) electrons. The number of fused-ring (bicyclic) bond motifs is 1. The highest BCUT2D eigenvalue weighted by molar-refractivity contribution is 9.10. The number of amides is 1. The van der Waals surface area contributed by atoms with Crippen molar-refractivity contribution in [3.63, 3.8) is 0 Å². The first-order valence-electron chi connectivity index (χ1n) is 6.27. The van der Waals surface area contributed by atoms with E-state index in [4.69, 9.17) is 0 Å². The van der Waals surface area contributed by atoms with E-state index in [1.807, 2.05) is 6.07 Å². The lowest BCUT2D eigenvalue weighted by molar-refractivity contribution is 0.102. The Bertz CT molecular complexity index is 688. The summed E-state index contributed by atoms with van der Waals surface area (Å²) in [5, 5.41) is 5.80. The Kier molecular flexibility index (Phi) is 3.44. The molecule has 0 unspecified atom stereocenters. The minimum Gasteiger partial charge on any atom is -0.384 e. The molecule has 1 aliphatic heterocycles. The van der Waals surface area contributed by atoms with E-state index in [2.05, 4.69) is 26.6 Å². The van der Waals surface area contributed by atoms with Crippen LogP contribution in [0.15, 0.2) is 40.9 Å². The topological polar surface area (TPSA) is 41.1 Å². The highest BCUT2D eigenvalue weighted by atomic mass is 79.9. The fourth-order valence-electron chi connectivity index (χ4n) is 2.22. The summed E-state index contributed by atoms with van der Waals surface area (Å²) in [7, 11) is 0. The first-order valence-corrected chi connectivity index (χ1v) is 7.06. The minimum absolute atomic E-state index is 0.173. The number of anilines is 2. The van der Waals surface area contributed by atoms with Crippen LogP contribution in [0, 0.1) is 5.82 Å². The third-order valence-electron chi connectivity index (χ3n) is 3.26. The van der Waals surface area contributed by atoms with Gasteiger partial charge < -0.3 is 10.6 Å². The first-order chi connectivity index (χ1) is 9.63. The highest BCUT2D eigenvalue weighted by Crippen LogP contribution is 2.24. The second kappa shape index (κ2) is 5.25. The summed E-state index contributed by atoms with van der Waals surface area (Å²) in [6.45, 7) is 0.891. The van der Waals surface area contributed by atoms with Crippen molar-refractivity contribution in [3.05, 3.63) is 57.8 Å². The van der Waals surface area contributed by atoms with Crippen LogP contribution in [-0.2, 0) is 6.42 Å². The Balaban J connectivity index is 1.82. The first kappa shape index (κ1) is 13.1. The van der Waals surface area contributed by atoms with Crippen LogP contribution in [-0.4, -0.2) is 12.5 Å². The summed E-state index contributed by atoms with van der Waals surface area (Å²) >= 11 is 3.18. The van der Waals surface area contributed by atoms with Gasteiger partial charge in [-0.2, -0.15) is 0 Å². The fourth-order valence-corrected chi connectivity index (χ4v) is 2.55. The number of nitrogens with one attached hydrogen (secondary N) is 2. The second-order valence-electron chi connectivity index (χ2n) is 4.63. The lowest BCUT2D eigenvalue weighted by Crippen LogP contribution is -2.13. The normalized spacial score (nSPS) is 12.7. The van der Waals surface area contributed by atoms with Crippen molar-refractivity contribution in [2.75, 3.05) is 17.2 Å². The summed E-state index contributed by atoms with van der Waals surface area (Å²) in [5.41, 5.74) is 2.87. The summed E-state index contributed by atoms with van der Waals surface area (Å²) in [6, 6.07) is 10.0. The summed E-state index contributed by atoms with van der Waals surface area (Å²) < 4.78 is 14.3. The molecule has 2 aromatic rings. The van der Waals surface area contributed by atoms with Gasteiger partial charge in [-0.15, -0.1) is 0 Å². The predicted molar refractivity (Wildman–Crippen MR) is 80.7 cm³/mol. The third-order valence-corrected chi connectivity index (χ3v) is 3.75. The molecule has 102 valence electrons. The Morgan fingerprint density at radius 3 is 2.90 bits per heavy atom. The maximum Gasteiger partial charge on any atom is 0.255 e. The maximum absolute atomic E-state index is 13.7. The number of hydrogen-bond donors (Lipinski definition) is 2. The van der Waals surface area contributed by atoms with Crippen molar-refractivity contribution in [2.24, 2.45) is 0 Å². The monoisotopic (exact) mass is 334 g/mol. The van der Waals surface area contributed by atoms with Gasteiger partial charge >= 0.3 is 0 Å². The van der Waals surface area contributed by atoms with E-state index in [0.717, 1.165) is 18.7 Å². The number of benzene rings is 2. The zero-order chi connectivity index (χ0) is 14.1. The van der Waals surface area contributed by atoms with E-state index in [1.165, 1.54) is 17.7 Å². The largest absolute Gasteiger partial charge is 0.384 e. The minimum atomic E-state index is -0.466. The van der Waals surface area contributed by atoms with Crippen LogP contribution in [0.2, 0.25) is 0 Å². The molecule has 0 atom stereocenters. The average molecular weight is 335 g/mol. The van der Waals surface area contributed by atoms with Crippen LogP contribution >= 0.6 is 15.9 Å². The van der Waals surface area contributed by atoms with Gasteiger partial charge in [0, 0.05) is 22.3 Å². The zero-order valence-corrected chi connectivity index (χ0v) is 12.1. The van der Waals surface area contributed by atoms with E-state index in [0.29, 0.717) is 10.0 Å². The second-order valence-corrected chi connectivity index (χ2v) is 5.54. The van der Waals surface area contributed by atoms with Gasteiger partial charge in [0.1, 0.15) is 5.82 Å². The molecule has 0 aromatic heterocycles. The summed E-state index contributed by atoms with van der Waals surface area (Å²) in [6.07, 6.45) is 0.971. The van der Waals surface area contributed by atoms with E-state index in [-0.39, 0.29) is 11.6 Å². The van der Waals surface area contributed by atoms with Crippen LogP contribution < -0.4 is 10.6 Å². The average Bonchev–Trinajstić information content (AvgIpc) is 2.89. The predicted octanol–water partition coefficient (Wildman–Crippen LogP) is 3.81. The SMILES string of the molecule is O=C(Nc1ccc(Br)cc1F)c1ccc2c(c1)NCC2. The third kappa shape index (κ3) is 2.54. The summed E-state index contributed by atoms with van der Waals surface area (Å²) in [5.74, 6) is -0.783. The molecule has 0 saturated carbocycles. The van der Waals surface area contributed by atoms with Gasteiger partial charge in [-0.05, 0) is 42.3 Å². The quantitative estimate of drug-likeness (QED) is 0.876. The van der Waals surface area contributed by atoms with Crippen molar-refractivity contribution in [1.29, 1.82) is 0 Å². The number of rotatable bonds is 2. The lowest BCUT2D eigenvalue weighted by atomic mass is 10.1. The van der Waals surface area contributed by atoms with Gasteiger partial charge in [-0.25, -0.2) is 4.39 Å². The van der Waals surface area contributed by atoms with Gasteiger partial charge in [-0.1, -0.05) is 22.0 Å². The van der Waals surface area contributed by atoms with Gasteiger partial charge in [-0.3, -0.25) is 4.79 Å². The fraction of sp³-hybridized carbons (Fsp3) is 0.133. The van der Waals surface area contributed by atoms with Crippen LogP contribution in [0.3, 0.4) is 0 Å². The molecule has 5 heteroatoms. The van der Waals surface area contributed by atoms with Gasteiger partial charge in [0.2, 0.25) is 0 Å². The van der Waals surface area contributed by atoms with E-state index >= 15 is 0 Å². The van der Waals surface area contributed by atoms with Crippen molar-refractivity contribution in [1.82, 2.24) is 0 Å². The van der Waals surface area contributed by atoms with Gasteiger partial charge in [0.15, 0.2) is 0 Å². The van der Waals surface area contributed by atoms with Crippen molar-refractivity contribution < 1.29 is 9.18 Å². The molecule has 3 rings (SSSR count). The maximum atomic E-state index is 13.7. The standard InChI is InChI=1S/C15H12BrFN2O/c16-11-3-4-13(12(17)8-11)19-15(20)10-2-1-9-5-6-18-14(9)7-10/h1-4,7-8,18H,5-6H2,(H,19,20). The number of carbonyl (C=O) groups is 1. The molecule has 1 aliphatic rings. The molecule has 20 heavy (non-hydrogen) atoms. The zero-order valence-electron chi connectivity index (χ0n) is 10.5. The molecule has 0 spiro atoms. The van der Waals surface area contributed by atoms with Crippen molar-refractivity contribution in [3.8, 4) is 0 Å². The molecule has 3 nitrogen and oxygen atoms in total. The summed E-state index contributed by atoms with van der Waals surface area (Å²) in [4.78, 5) is 12.1. The Morgan fingerprint density at radius 2 is 2.10 bits per heavy atom. The molecule has 2 aromatic carbocycles. The number of carbonyl (C=O) groups excluding carboxylic acids is 1. The van der Waals surface area contributed by atoms with Crippen molar-refractivity contribution in [2.45, 2.75) is 6.42 Å². The number of halogens is 2. The molecule has 0 fully saturated rings. The smallest absolute Gasteiger partial charge is 0.255 e.